The summed E-state index contributed by atoms with van der Waals surface area (Å²) in [5, 5.41) is 10.2. The number of aryl methyl sites for hydroxylation is 1. The molecule has 2 atom stereocenters. The molecule has 24 heavy (non-hydrogen) atoms. The highest BCUT2D eigenvalue weighted by molar-refractivity contribution is 7.13. The zero-order valence-corrected chi connectivity index (χ0v) is 15.3. The number of carbonyl (C=O) groups is 1. The van der Waals surface area contributed by atoms with Crippen molar-refractivity contribution < 1.29 is 9.90 Å². The molecule has 2 aromatic rings. The van der Waals surface area contributed by atoms with Crippen LogP contribution in [-0.4, -0.2) is 27.4 Å². The fraction of sp³-hybridized carbons (Fsp3) is 0.474. The van der Waals surface area contributed by atoms with Gasteiger partial charge in [-0.3, -0.25) is 4.79 Å². The molecule has 1 aromatic carbocycles. The number of carbonyl (C=O) groups excluding carboxylic acids is 1. The van der Waals surface area contributed by atoms with Gasteiger partial charge in [-0.05, 0) is 56.7 Å². The molecule has 1 aliphatic heterocycles. The topological polar surface area (TPSA) is 53.4 Å². The number of amides is 1. The summed E-state index contributed by atoms with van der Waals surface area (Å²) < 4.78 is 0. The molecule has 1 fully saturated rings. The van der Waals surface area contributed by atoms with E-state index < -0.39 is 6.10 Å². The smallest absolute Gasteiger partial charge is 0.266 e. The molecule has 1 saturated heterocycles. The van der Waals surface area contributed by atoms with Crippen LogP contribution in [0.25, 0.3) is 0 Å². The number of thiazole rings is 1. The fourth-order valence-corrected chi connectivity index (χ4v) is 4.17. The highest BCUT2D eigenvalue weighted by Gasteiger charge is 2.30. The molecule has 3 rings (SSSR count). The van der Waals surface area contributed by atoms with E-state index in [2.05, 4.69) is 37.0 Å². The number of likely N-dealkylation sites (tertiary alicyclic amines) is 1. The molecule has 128 valence electrons. The third-order valence-corrected chi connectivity index (χ3v) is 6.02. The second-order valence-electron chi connectivity index (χ2n) is 6.54. The minimum Gasteiger partial charge on any atom is -0.386 e. The Kier molecular flexibility index (Phi) is 5.01. The second-order valence-corrected chi connectivity index (χ2v) is 7.60. The van der Waals surface area contributed by atoms with Gasteiger partial charge in [0.05, 0.1) is 12.2 Å². The number of nitrogens with zero attached hydrogens (tertiary/aromatic N) is 2. The van der Waals surface area contributed by atoms with Crippen LogP contribution < -0.4 is 0 Å². The molecule has 5 heteroatoms. The molecule has 0 spiro atoms. The number of aliphatic hydroxyl groups is 1. The highest BCUT2D eigenvalue weighted by Crippen LogP contribution is 2.35. The van der Waals surface area contributed by atoms with E-state index in [0.717, 1.165) is 25.8 Å². The Bertz CT molecular complexity index is 739. The van der Waals surface area contributed by atoms with Gasteiger partial charge < -0.3 is 10.0 Å². The molecule has 1 aliphatic rings. The van der Waals surface area contributed by atoms with Gasteiger partial charge in [0, 0.05) is 6.54 Å². The van der Waals surface area contributed by atoms with Crippen molar-refractivity contribution >= 4 is 17.2 Å². The van der Waals surface area contributed by atoms with Crippen LogP contribution in [0.1, 0.15) is 69.7 Å². The van der Waals surface area contributed by atoms with Gasteiger partial charge >= 0.3 is 0 Å². The summed E-state index contributed by atoms with van der Waals surface area (Å²) in [4.78, 5) is 19.8. The first kappa shape index (κ1) is 17.1. The van der Waals surface area contributed by atoms with Crippen LogP contribution in [0, 0.1) is 13.8 Å². The van der Waals surface area contributed by atoms with Gasteiger partial charge in [0.1, 0.15) is 16.0 Å². The van der Waals surface area contributed by atoms with E-state index in [9.17, 15) is 9.90 Å². The zero-order valence-electron chi connectivity index (χ0n) is 14.5. The minimum atomic E-state index is -0.632. The quantitative estimate of drug-likeness (QED) is 0.909. The van der Waals surface area contributed by atoms with Gasteiger partial charge in [-0.1, -0.05) is 18.2 Å². The van der Waals surface area contributed by atoms with Crippen LogP contribution in [0.2, 0.25) is 0 Å². The molecule has 4 nitrogen and oxygen atoms in total. The Morgan fingerprint density at radius 3 is 2.88 bits per heavy atom. The molecular weight excluding hydrogens is 320 g/mol. The molecule has 0 radical (unpaired) electrons. The van der Waals surface area contributed by atoms with Crippen LogP contribution >= 0.6 is 11.3 Å². The maximum absolute atomic E-state index is 13.0. The lowest BCUT2D eigenvalue weighted by Crippen LogP contribution is -2.38. The van der Waals surface area contributed by atoms with Crippen molar-refractivity contribution in [2.24, 2.45) is 0 Å². The van der Waals surface area contributed by atoms with E-state index in [1.54, 1.807) is 13.1 Å². The maximum atomic E-state index is 13.0. The Balaban J connectivity index is 1.91. The molecule has 1 aromatic heterocycles. The Morgan fingerprint density at radius 1 is 1.38 bits per heavy atom. The third kappa shape index (κ3) is 3.23. The number of hydrogen-bond donors (Lipinski definition) is 1. The van der Waals surface area contributed by atoms with Crippen molar-refractivity contribution in [3.63, 3.8) is 0 Å². The van der Waals surface area contributed by atoms with Crippen LogP contribution in [0.5, 0.6) is 0 Å². The van der Waals surface area contributed by atoms with Crippen molar-refractivity contribution in [3.8, 4) is 0 Å². The summed E-state index contributed by atoms with van der Waals surface area (Å²) in [6, 6.07) is 6.47. The van der Waals surface area contributed by atoms with Crippen molar-refractivity contribution in [1.82, 2.24) is 9.88 Å². The van der Waals surface area contributed by atoms with Crippen LogP contribution in [0.4, 0.5) is 0 Å². The molecular formula is C19H24N2O2S. The van der Waals surface area contributed by atoms with Crippen LogP contribution in [-0.2, 0) is 0 Å². The Hall–Kier alpha value is -1.72. The van der Waals surface area contributed by atoms with E-state index in [1.807, 2.05) is 4.90 Å². The standard InChI is InChI=1S/C19H24N2O2S/c1-12-7-6-8-15(13(12)2)16-9-4-5-10-21(16)19(23)17-11-20-18(24-17)14(3)22/h6-8,11,14,16,22H,4-5,9-10H2,1-3H3/t14-,16+/m0/s1. The lowest BCUT2D eigenvalue weighted by atomic mass is 9.90. The first-order valence-electron chi connectivity index (χ1n) is 8.50. The first-order valence-corrected chi connectivity index (χ1v) is 9.31. The number of piperidine rings is 1. The third-order valence-electron chi connectivity index (χ3n) is 4.86. The predicted octanol–water partition coefficient (Wildman–Crippen LogP) is 4.18. The first-order chi connectivity index (χ1) is 11.5. The highest BCUT2D eigenvalue weighted by atomic mass is 32.1. The number of hydrogen-bond acceptors (Lipinski definition) is 4. The van der Waals surface area contributed by atoms with Gasteiger partial charge in [-0.25, -0.2) is 4.98 Å². The van der Waals surface area contributed by atoms with Crippen molar-refractivity contribution in [1.29, 1.82) is 0 Å². The lowest BCUT2D eigenvalue weighted by molar-refractivity contribution is 0.0615. The van der Waals surface area contributed by atoms with E-state index in [4.69, 9.17) is 0 Å². The van der Waals surface area contributed by atoms with E-state index in [1.165, 1.54) is 28.0 Å². The molecule has 0 bridgehead atoms. The van der Waals surface area contributed by atoms with Crippen LogP contribution in [0.15, 0.2) is 24.4 Å². The number of rotatable bonds is 3. The van der Waals surface area contributed by atoms with E-state index in [0.29, 0.717) is 9.88 Å². The molecule has 2 heterocycles. The van der Waals surface area contributed by atoms with Crippen LogP contribution in [0.3, 0.4) is 0 Å². The maximum Gasteiger partial charge on any atom is 0.266 e. The van der Waals surface area contributed by atoms with Crippen molar-refractivity contribution in [3.05, 3.63) is 51.0 Å². The number of benzene rings is 1. The van der Waals surface area contributed by atoms with Crippen molar-refractivity contribution in [2.45, 2.75) is 52.2 Å². The molecule has 1 amide bonds. The minimum absolute atomic E-state index is 0.0324. The van der Waals surface area contributed by atoms with Gasteiger partial charge in [0.25, 0.3) is 5.91 Å². The average Bonchev–Trinajstić information content (AvgIpc) is 3.07. The molecule has 1 N–H and O–H groups in total. The summed E-state index contributed by atoms with van der Waals surface area (Å²) in [5.74, 6) is 0.0324. The van der Waals surface area contributed by atoms with Crippen molar-refractivity contribution in [2.75, 3.05) is 6.54 Å². The molecule has 0 unspecified atom stereocenters. The molecule has 0 saturated carbocycles. The average molecular weight is 344 g/mol. The SMILES string of the molecule is Cc1cccc([C@H]2CCCCN2C(=O)c2cnc([C@H](C)O)s2)c1C. The Labute approximate surface area is 147 Å². The molecule has 0 aliphatic carbocycles. The fourth-order valence-electron chi connectivity index (χ4n) is 3.35. The second kappa shape index (κ2) is 7.03. The number of aromatic nitrogens is 1. The normalized spacial score (nSPS) is 19.3. The zero-order chi connectivity index (χ0) is 17.3. The summed E-state index contributed by atoms with van der Waals surface area (Å²) in [7, 11) is 0. The monoisotopic (exact) mass is 344 g/mol. The number of aliphatic hydroxyl groups excluding tert-OH is 1. The van der Waals surface area contributed by atoms with Gasteiger partial charge in [-0.15, -0.1) is 11.3 Å². The summed E-state index contributed by atoms with van der Waals surface area (Å²) in [6.07, 6.45) is 4.15. The van der Waals surface area contributed by atoms with Gasteiger partial charge in [-0.2, -0.15) is 0 Å². The van der Waals surface area contributed by atoms with E-state index in [-0.39, 0.29) is 11.9 Å². The van der Waals surface area contributed by atoms with E-state index >= 15 is 0 Å². The largest absolute Gasteiger partial charge is 0.386 e. The summed E-state index contributed by atoms with van der Waals surface area (Å²) >= 11 is 1.29. The predicted molar refractivity (Wildman–Crippen MR) is 96.3 cm³/mol. The summed E-state index contributed by atoms with van der Waals surface area (Å²) in [6.45, 7) is 6.71. The van der Waals surface area contributed by atoms with Gasteiger partial charge in [0.15, 0.2) is 0 Å². The summed E-state index contributed by atoms with van der Waals surface area (Å²) in [5.41, 5.74) is 3.79. The van der Waals surface area contributed by atoms with Gasteiger partial charge in [0.2, 0.25) is 0 Å². The lowest BCUT2D eigenvalue weighted by Gasteiger charge is -2.36. The Morgan fingerprint density at radius 2 is 2.17 bits per heavy atom.